The molecule has 82 valence electrons. The van der Waals surface area contributed by atoms with Crippen LogP contribution in [0.2, 0.25) is 0 Å². The summed E-state index contributed by atoms with van der Waals surface area (Å²) in [5.74, 6) is -0.903. The van der Waals surface area contributed by atoms with Crippen LogP contribution in [0.15, 0.2) is 6.20 Å². The van der Waals surface area contributed by atoms with Crippen molar-refractivity contribution >= 4 is 11.7 Å². The third-order valence-electron chi connectivity index (χ3n) is 2.04. The van der Waals surface area contributed by atoms with Gasteiger partial charge < -0.3 is 5.11 Å². The minimum Gasteiger partial charge on any atom is -0.481 e. The van der Waals surface area contributed by atoms with Gasteiger partial charge in [-0.1, -0.05) is 0 Å². The number of aromatic nitrogens is 2. The molecule has 1 N–H and O–H groups in total. The lowest BCUT2D eigenvalue weighted by Gasteiger charge is -1.99. The first-order valence-corrected chi connectivity index (χ1v) is 4.39. The Morgan fingerprint density at radius 2 is 2.40 bits per heavy atom. The van der Waals surface area contributed by atoms with Gasteiger partial charge in [-0.3, -0.25) is 19.6 Å². The van der Waals surface area contributed by atoms with Crippen molar-refractivity contribution in [2.75, 3.05) is 0 Å². The molecule has 1 heterocycles. The van der Waals surface area contributed by atoms with Crippen LogP contribution < -0.4 is 0 Å². The Kier molecular flexibility index (Phi) is 3.37. The van der Waals surface area contributed by atoms with Crippen LogP contribution in [-0.4, -0.2) is 25.8 Å². The Labute approximate surface area is 85.5 Å². The standard InChI is InChI=1S/C8H11N3O4/c1-10-6(3-2-4-8(12)13)7(5-9-10)11(14)15/h5H,2-4H2,1H3,(H,12,13). The molecule has 7 heteroatoms. The number of nitrogens with zero attached hydrogens (tertiary/aromatic N) is 3. The minimum absolute atomic E-state index is 0.00232. The summed E-state index contributed by atoms with van der Waals surface area (Å²) in [6.07, 6.45) is 1.90. The van der Waals surface area contributed by atoms with Gasteiger partial charge in [-0.05, 0) is 12.8 Å². The van der Waals surface area contributed by atoms with Crippen LogP contribution in [0, 0.1) is 10.1 Å². The van der Waals surface area contributed by atoms with E-state index in [2.05, 4.69) is 5.10 Å². The monoisotopic (exact) mass is 213 g/mol. The van der Waals surface area contributed by atoms with Crippen LogP contribution in [0.5, 0.6) is 0 Å². The van der Waals surface area contributed by atoms with Crippen LogP contribution in [0.3, 0.4) is 0 Å². The minimum atomic E-state index is -0.903. The first-order chi connectivity index (χ1) is 7.02. The molecule has 0 amide bonds. The summed E-state index contributed by atoms with van der Waals surface area (Å²) in [5.41, 5.74) is 0.407. The Hall–Kier alpha value is -1.92. The zero-order chi connectivity index (χ0) is 11.4. The lowest BCUT2D eigenvalue weighted by molar-refractivity contribution is -0.385. The normalized spacial score (nSPS) is 10.2. The molecule has 0 radical (unpaired) electrons. The molecular weight excluding hydrogens is 202 g/mol. The molecule has 0 atom stereocenters. The van der Waals surface area contributed by atoms with Gasteiger partial charge in [0.15, 0.2) is 0 Å². The maximum absolute atomic E-state index is 10.6. The highest BCUT2D eigenvalue weighted by Crippen LogP contribution is 2.18. The Balaban J connectivity index is 2.70. The topological polar surface area (TPSA) is 98.3 Å². The van der Waals surface area contributed by atoms with Gasteiger partial charge >= 0.3 is 11.7 Å². The maximum atomic E-state index is 10.6. The highest BCUT2D eigenvalue weighted by molar-refractivity contribution is 5.66. The van der Waals surface area contributed by atoms with Crippen LogP contribution >= 0.6 is 0 Å². The first kappa shape index (κ1) is 11.2. The molecule has 0 aliphatic carbocycles. The maximum Gasteiger partial charge on any atom is 0.310 e. The van der Waals surface area contributed by atoms with E-state index >= 15 is 0 Å². The number of hydrogen-bond donors (Lipinski definition) is 1. The fourth-order valence-corrected chi connectivity index (χ4v) is 1.30. The van der Waals surface area contributed by atoms with Gasteiger partial charge in [-0.2, -0.15) is 5.10 Å². The van der Waals surface area contributed by atoms with Crippen molar-refractivity contribution in [1.82, 2.24) is 9.78 Å². The second kappa shape index (κ2) is 4.54. The first-order valence-electron chi connectivity index (χ1n) is 4.39. The number of carbonyl (C=O) groups is 1. The van der Waals surface area contributed by atoms with Crippen LogP contribution in [-0.2, 0) is 18.3 Å². The molecule has 0 aliphatic rings. The number of aliphatic carboxylic acids is 1. The second-order valence-corrected chi connectivity index (χ2v) is 3.10. The molecule has 0 saturated carbocycles. The molecular formula is C8H11N3O4. The van der Waals surface area contributed by atoms with Crippen molar-refractivity contribution in [3.63, 3.8) is 0 Å². The highest BCUT2D eigenvalue weighted by atomic mass is 16.6. The molecule has 15 heavy (non-hydrogen) atoms. The van der Waals surface area contributed by atoms with Gasteiger partial charge in [-0.15, -0.1) is 0 Å². The molecule has 1 aromatic rings. The van der Waals surface area contributed by atoms with Gasteiger partial charge in [-0.25, -0.2) is 0 Å². The molecule has 0 fully saturated rings. The van der Waals surface area contributed by atoms with Crippen molar-refractivity contribution in [2.45, 2.75) is 19.3 Å². The van der Waals surface area contributed by atoms with E-state index in [1.807, 2.05) is 0 Å². The zero-order valence-corrected chi connectivity index (χ0v) is 8.21. The average molecular weight is 213 g/mol. The third-order valence-corrected chi connectivity index (χ3v) is 2.04. The molecule has 1 aromatic heterocycles. The third kappa shape index (κ3) is 2.76. The SMILES string of the molecule is Cn1ncc([N+](=O)[O-])c1CCCC(=O)O. The molecule has 7 nitrogen and oxygen atoms in total. The van der Waals surface area contributed by atoms with E-state index in [1.54, 1.807) is 7.05 Å². The second-order valence-electron chi connectivity index (χ2n) is 3.10. The number of carboxylic acid groups (broad SMARTS) is 1. The number of nitro groups is 1. The number of aryl methyl sites for hydroxylation is 1. The van der Waals surface area contributed by atoms with E-state index in [0.29, 0.717) is 18.5 Å². The van der Waals surface area contributed by atoms with Crippen molar-refractivity contribution in [3.8, 4) is 0 Å². The lowest BCUT2D eigenvalue weighted by atomic mass is 10.2. The van der Waals surface area contributed by atoms with E-state index in [9.17, 15) is 14.9 Å². The Bertz CT molecular complexity index is 385. The molecule has 0 aliphatic heterocycles. The summed E-state index contributed by atoms with van der Waals surface area (Å²) in [6, 6.07) is 0. The van der Waals surface area contributed by atoms with Gasteiger partial charge in [0.1, 0.15) is 11.9 Å². The van der Waals surface area contributed by atoms with E-state index in [4.69, 9.17) is 5.11 Å². The van der Waals surface area contributed by atoms with Gasteiger partial charge in [0.2, 0.25) is 0 Å². The summed E-state index contributed by atoms with van der Waals surface area (Å²) in [4.78, 5) is 20.3. The largest absolute Gasteiger partial charge is 0.481 e. The summed E-state index contributed by atoms with van der Waals surface area (Å²) >= 11 is 0. The van der Waals surface area contributed by atoms with E-state index in [-0.39, 0.29) is 12.1 Å². The molecule has 1 rings (SSSR count). The summed E-state index contributed by atoms with van der Waals surface area (Å²) in [5, 5.41) is 22.8. The highest BCUT2D eigenvalue weighted by Gasteiger charge is 2.18. The summed E-state index contributed by atoms with van der Waals surface area (Å²) < 4.78 is 1.40. The van der Waals surface area contributed by atoms with Crippen molar-refractivity contribution in [1.29, 1.82) is 0 Å². The lowest BCUT2D eigenvalue weighted by Crippen LogP contribution is -2.03. The number of rotatable bonds is 5. The molecule has 0 saturated heterocycles. The predicted molar refractivity (Wildman–Crippen MR) is 50.4 cm³/mol. The van der Waals surface area contributed by atoms with E-state index in [1.165, 1.54) is 10.9 Å². The molecule has 0 spiro atoms. The van der Waals surface area contributed by atoms with Crippen molar-refractivity contribution in [2.24, 2.45) is 7.05 Å². The number of hydrogen-bond acceptors (Lipinski definition) is 4. The Morgan fingerprint density at radius 3 is 2.93 bits per heavy atom. The van der Waals surface area contributed by atoms with Crippen molar-refractivity contribution in [3.05, 3.63) is 22.0 Å². The van der Waals surface area contributed by atoms with E-state index in [0.717, 1.165) is 0 Å². The molecule has 0 bridgehead atoms. The van der Waals surface area contributed by atoms with Crippen molar-refractivity contribution < 1.29 is 14.8 Å². The molecule has 0 aromatic carbocycles. The average Bonchev–Trinajstić information content (AvgIpc) is 2.47. The van der Waals surface area contributed by atoms with Crippen LogP contribution in [0.4, 0.5) is 5.69 Å². The number of carboxylic acids is 1. The van der Waals surface area contributed by atoms with Crippen LogP contribution in [0.25, 0.3) is 0 Å². The zero-order valence-electron chi connectivity index (χ0n) is 8.21. The quantitative estimate of drug-likeness (QED) is 0.574. The van der Waals surface area contributed by atoms with E-state index < -0.39 is 10.9 Å². The van der Waals surface area contributed by atoms with Gasteiger partial charge in [0.25, 0.3) is 0 Å². The summed E-state index contributed by atoms with van der Waals surface area (Å²) in [6.45, 7) is 0. The van der Waals surface area contributed by atoms with Crippen LogP contribution in [0.1, 0.15) is 18.5 Å². The fourth-order valence-electron chi connectivity index (χ4n) is 1.30. The van der Waals surface area contributed by atoms with Gasteiger partial charge in [0, 0.05) is 13.5 Å². The smallest absolute Gasteiger partial charge is 0.310 e. The molecule has 0 unspecified atom stereocenters. The predicted octanol–water partition coefficient (Wildman–Crippen LogP) is 0.736. The fraction of sp³-hybridized carbons (Fsp3) is 0.500. The summed E-state index contributed by atoms with van der Waals surface area (Å²) in [7, 11) is 1.60. The Morgan fingerprint density at radius 1 is 1.73 bits per heavy atom. The van der Waals surface area contributed by atoms with Gasteiger partial charge in [0.05, 0.1) is 4.92 Å².